The molecule has 3 N–H and O–H groups in total. The second-order valence-electron chi connectivity index (χ2n) is 7.04. The molecule has 0 radical (unpaired) electrons. The van der Waals surface area contributed by atoms with Crippen molar-refractivity contribution in [2.24, 2.45) is 0 Å². The van der Waals surface area contributed by atoms with Crippen molar-refractivity contribution < 1.29 is 37.0 Å². The van der Waals surface area contributed by atoms with E-state index in [0.717, 1.165) is 12.1 Å². The quantitative estimate of drug-likeness (QED) is 0.491. The van der Waals surface area contributed by atoms with Crippen molar-refractivity contribution in [3.63, 3.8) is 0 Å². The Morgan fingerprint density at radius 1 is 1.16 bits per heavy atom. The number of alkyl halides is 3. The average Bonchev–Trinajstić information content (AvgIpc) is 3.32. The molecule has 166 valence electrons. The number of aromatic carboxylic acids is 1. The number of hydrogen-bond donors (Lipinski definition) is 3. The van der Waals surface area contributed by atoms with Crippen molar-refractivity contribution in [1.29, 1.82) is 0 Å². The summed E-state index contributed by atoms with van der Waals surface area (Å²) in [6.45, 7) is 0. The van der Waals surface area contributed by atoms with E-state index in [2.05, 4.69) is 30.7 Å². The van der Waals surface area contributed by atoms with E-state index < -0.39 is 35.2 Å². The molecule has 0 spiro atoms. The highest BCUT2D eigenvalue weighted by Gasteiger charge is 2.53. The molecule has 3 aromatic rings. The van der Waals surface area contributed by atoms with Gasteiger partial charge in [-0.15, -0.1) is 18.3 Å². The molecule has 0 aliphatic heterocycles. The van der Waals surface area contributed by atoms with Crippen molar-refractivity contribution in [2.45, 2.75) is 24.6 Å². The molecule has 1 aliphatic rings. The summed E-state index contributed by atoms with van der Waals surface area (Å²) in [7, 11) is 0. The molecule has 1 fully saturated rings. The van der Waals surface area contributed by atoms with Crippen LogP contribution in [0.15, 0.2) is 36.4 Å². The van der Waals surface area contributed by atoms with Crippen LogP contribution in [0.5, 0.6) is 5.75 Å². The van der Waals surface area contributed by atoms with Gasteiger partial charge in [-0.25, -0.2) is 14.3 Å². The number of ether oxygens (including phenoxy) is 1. The van der Waals surface area contributed by atoms with E-state index in [1.807, 2.05) is 0 Å². The Morgan fingerprint density at radius 3 is 2.47 bits per heavy atom. The van der Waals surface area contributed by atoms with Crippen LogP contribution in [0.2, 0.25) is 0 Å². The number of halogens is 4. The minimum absolute atomic E-state index is 0.0610. The first kappa shape index (κ1) is 21.2. The highest BCUT2D eigenvalue weighted by molar-refractivity contribution is 6.03. The van der Waals surface area contributed by atoms with Crippen LogP contribution in [0, 0.1) is 5.82 Å². The number of amides is 1. The van der Waals surface area contributed by atoms with Gasteiger partial charge in [-0.3, -0.25) is 4.79 Å². The van der Waals surface area contributed by atoms with Gasteiger partial charge in [-0.05, 0) is 47.5 Å². The molecule has 0 bridgehead atoms. The van der Waals surface area contributed by atoms with Crippen LogP contribution in [-0.2, 0) is 10.2 Å². The van der Waals surface area contributed by atoms with Crippen molar-refractivity contribution in [1.82, 2.24) is 20.6 Å². The molecule has 1 heterocycles. The van der Waals surface area contributed by atoms with Crippen molar-refractivity contribution in [3.05, 3.63) is 53.3 Å². The van der Waals surface area contributed by atoms with Gasteiger partial charge in [0.05, 0.1) is 11.0 Å². The zero-order valence-electron chi connectivity index (χ0n) is 15.9. The van der Waals surface area contributed by atoms with Crippen LogP contribution < -0.4 is 10.1 Å². The largest absolute Gasteiger partial charge is 0.573 e. The molecular weight excluding hydrogens is 438 g/mol. The van der Waals surface area contributed by atoms with Gasteiger partial charge in [0.15, 0.2) is 5.82 Å². The summed E-state index contributed by atoms with van der Waals surface area (Å²) in [4.78, 5) is 24.4. The van der Waals surface area contributed by atoms with E-state index in [9.17, 15) is 32.3 Å². The smallest absolute Gasteiger partial charge is 0.478 e. The molecular formula is C19H13F4N5O4. The Balaban J connectivity index is 1.59. The van der Waals surface area contributed by atoms with E-state index in [1.165, 1.54) is 18.2 Å². The Labute approximate surface area is 176 Å². The number of aromatic amines is 1. The summed E-state index contributed by atoms with van der Waals surface area (Å²) in [5, 5.41) is 24.9. The maximum absolute atomic E-state index is 14.5. The van der Waals surface area contributed by atoms with Crippen molar-refractivity contribution in [3.8, 4) is 17.1 Å². The number of carbonyl (C=O) groups excluding carboxylic acids is 1. The summed E-state index contributed by atoms with van der Waals surface area (Å²) in [6.07, 6.45) is -4.41. The average molecular weight is 451 g/mol. The van der Waals surface area contributed by atoms with Gasteiger partial charge in [0.25, 0.3) is 0 Å². The van der Waals surface area contributed by atoms with Crippen LogP contribution in [0.4, 0.5) is 23.2 Å². The number of aromatic nitrogens is 4. The number of rotatable bonds is 6. The molecule has 2 aromatic carbocycles. The number of anilines is 1. The third-order valence-electron chi connectivity index (χ3n) is 4.98. The second kappa shape index (κ2) is 7.59. The predicted molar refractivity (Wildman–Crippen MR) is 99.2 cm³/mol. The highest BCUT2D eigenvalue weighted by atomic mass is 19.4. The number of carboxylic acids is 1. The van der Waals surface area contributed by atoms with Gasteiger partial charge in [0, 0.05) is 22.9 Å². The van der Waals surface area contributed by atoms with Gasteiger partial charge >= 0.3 is 12.3 Å². The molecule has 4 rings (SSSR count). The van der Waals surface area contributed by atoms with Crippen LogP contribution >= 0.6 is 0 Å². The van der Waals surface area contributed by atoms with E-state index in [1.54, 1.807) is 0 Å². The highest BCUT2D eigenvalue weighted by Crippen LogP contribution is 2.50. The maximum atomic E-state index is 14.5. The first-order chi connectivity index (χ1) is 15.1. The van der Waals surface area contributed by atoms with E-state index in [4.69, 9.17) is 0 Å². The van der Waals surface area contributed by atoms with E-state index in [-0.39, 0.29) is 41.0 Å². The first-order valence-corrected chi connectivity index (χ1v) is 9.08. The zero-order valence-corrected chi connectivity index (χ0v) is 15.9. The van der Waals surface area contributed by atoms with E-state index >= 15 is 0 Å². The Morgan fingerprint density at radius 2 is 1.91 bits per heavy atom. The minimum Gasteiger partial charge on any atom is -0.478 e. The van der Waals surface area contributed by atoms with Crippen molar-refractivity contribution >= 4 is 17.6 Å². The van der Waals surface area contributed by atoms with Gasteiger partial charge < -0.3 is 15.2 Å². The summed E-state index contributed by atoms with van der Waals surface area (Å²) in [6, 6.07) is 6.54. The van der Waals surface area contributed by atoms with Gasteiger partial charge in [-0.2, -0.15) is 0 Å². The monoisotopic (exact) mass is 451 g/mol. The molecule has 0 saturated heterocycles. The topological polar surface area (TPSA) is 130 Å². The fourth-order valence-electron chi connectivity index (χ4n) is 3.35. The number of benzene rings is 2. The fourth-order valence-corrected chi connectivity index (χ4v) is 3.35. The molecule has 1 amide bonds. The summed E-state index contributed by atoms with van der Waals surface area (Å²) in [5.41, 5.74) is -1.12. The third kappa shape index (κ3) is 4.08. The number of carbonyl (C=O) groups is 2. The Bertz CT molecular complexity index is 1190. The predicted octanol–water partition coefficient (Wildman–Crippen LogP) is 3.27. The van der Waals surface area contributed by atoms with Crippen LogP contribution in [0.3, 0.4) is 0 Å². The number of tetrazole rings is 1. The van der Waals surface area contributed by atoms with Crippen LogP contribution in [-0.4, -0.2) is 44.0 Å². The third-order valence-corrected chi connectivity index (χ3v) is 4.98. The summed E-state index contributed by atoms with van der Waals surface area (Å²) < 4.78 is 55.3. The lowest BCUT2D eigenvalue weighted by molar-refractivity contribution is -0.274. The summed E-state index contributed by atoms with van der Waals surface area (Å²) in [5.74, 6) is -3.51. The number of nitrogens with one attached hydrogen (secondary N) is 2. The zero-order chi connectivity index (χ0) is 23.1. The lowest BCUT2D eigenvalue weighted by Crippen LogP contribution is -2.29. The number of hydrogen-bond acceptors (Lipinski definition) is 6. The number of nitrogens with zero attached hydrogens (tertiary/aromatic N) is 3. The summed E-state index contributed by atoms with van der Waals surface area (Å²) >= 11 is 0. The molecule has 0 unspecified atom stereocenters. The lowest BCUT2D eigenvalue weighted by Gasteiger charge is -2.18. The fraction of sp³-hybridized carbons (Fsp3) is 0.211. The molecule has 1 saturated carbocycles. The Hall–Kier alpha value is -4.03. The lowest BCUT2D eigenvalue weighted by atomic mass is 9.94. The minimum atomic E-state index is -4.97. The maximum Gasteiger partial charge on any atom is 0.573 e. The van der Waals surface area contributed by atoms with Crippen molar-refractivity contribution in [2.75, 3.05) is 5.32 Å². The number of H-pyrrole nitrogens is 1. The van der Waals surface area contributed by atoms with Crippen LogP contribution in [0.25, 0.3) is 11.4 Å². The standard InChI is InChI=1S/C19H13F4N5O4/c20-14-8-10(32-19(21,22)23)2-4-13(14)18(5-6-18)17(31)24-9-1-3-11(16(29)30)12(7-9)15-25-27-28-26-15/h1-4,7-8H,5-6H2,(H,24,31)(H,29,30)(H,25,26,27,28). The molecule has 1 aromatic heterocycles. The SMILES string of the molecule is O=C(O)c1ccc(NC(=O)C2(c3ccc(OC(F)(F)F)cc3F)CC2)cc1-c1nnn[nH]1. The van der Waals surface area contributed by atoms with E-state index in [0.29, 0.717) is 6.07 Å². The van der Waals surface area contributed by atoms with Gasteiger partial charge in [0.2, 0.25) is 5.91 Å². The molecule has 0 atom stereocenters. The van der Waals surface area contributed by atoms with Crippen LogP contribution in [0.1, 0.15) is 28.8 Å². The Kier molecular flexibility index (Phi) is 5.03. The second-order valence-corrected chi connectivity index (χ2v) is 7.04. The number of carboxylic acid groups (broad SMARTS) is 1. The molecule has 1 aliphatic carbocycles. The van der Waals surface area contributed by atoms with Gasteiger partial charge in [0.1, 0.15) is 11.6 Å². The molecule has 9 nitrogen and oxygen atoms in total. The first-order valence-electron chi connectivity index (χ1n) is 9.08. The molecule has 32 heavy (non-hydrogen) atoms. The molecule has 13 heteroatoms. The normalized spacial score (nSPS) is 14.6. The van der Waals surface area contributed by atoms with Gasteiger partial charge in [-0.1, -0.05) is 6.07 Å².